The number of esters is 2. The number of aliphatic carboxylic acids is 1. The molecule has 2 rings (SSSR count). The number of hydrogen-bond donors (Lipinski definition) is 4. The molecule has 1 aliphatic heterocycles. The first-order valence-corrected chi connectivity index (χ1v) is 10.6. The Morgan fingerprint density at radius 1 is 0.839 bits per heavy atom. The number of carbonyl (C=O) groups excluding carboxylic acids is 2. The summed E-state index contributed by atoms with van der Waals surface area (Å²) in [6.45, 7) is 3.26. The molecule has 4 N–H and O–H groups in total. The fraction of sp³-hybridized carbons (Fsp3) is 0.609. The molecule has 8 heteroatoms. The number of ether oxygens (including phenoxy) is 1. The van der Waals surface area contributed by atoms with Crippen molar-refractivity contribution < 1.29 is 39.5 Å². The van der Waals surface area contributed by atoms with E-state index in [1.807, 2.05) is 0 Å². The lowest BCUT2D eigenvalue weighted by Gasteiger charge is -2.20. The van der Waals surface area contributed by atoms with E-state index in [4.69, 9.17) is 20.4 Å². The van der Waals surface area contributed by atoms with Gasteiger partial charge in [0.1, 0.15) is 0 Å². The standard InChI is InChI=1S/C10H20O2.C8H4O3.C5H12O3/c1-2-3-4-5-6-7-8-9-10(11)12;9-7-5-3-1-2-4-6(5)8(10)11-7;1-5(2-6,3-7)4-8/h2-9H2,1H3,(H,11,12);1-4H;6-8H,2-4H2,1H3. The van der Waals surface area contributed by atoms with Crippen molar-refractivity contribution in [1.82, 2.24) is 0 Å². The SMILES string of the molecule is CC(CO)(CO)CO.CCCCCCCCCC(=O)O.O=C1OC(=O)c2ccccc21. The minimum absolute atomic E-state index is 0.181. The number of aliphatic hydroxyl groups excluding tert-OH is 3. The van der Waals surface area contributed by atoms with E-state index in [9.17, 15) is 14.4 Å². The summed E-state index contributed by atoms with van der Waals surface area (Å²) in [5, 5.41) is 33.8. The van der Waals surface area contributed by atoms with Crippen molar-refractivity contribution in [2.24, 2.45) is 5.41 Å². The number of rotatable bonds is 11. The van der Waals surface area contributed by atoms with E-state index in [2.05, 4.69) is 11.7 Å². The monoisotopic (exact) mass is 440 g/mol. The van der Waals surface area contributed by atoms with Gasteiger partial charge in [0.25, 0.3) is 0 Å². The number of hydrogen-bond acceptors (Lipinski definition) is 7. The molecule has 0 spiro atoms. The van der Waals surface area contributed by atoms with Crippen LogP contribution < -0.4 is 0 Å². The summed E-state index contributed by atoms with van der Waals surface area (Å²) in [7, 11) is 0. The number of unbranched alkanes of at least 4 members (excludes halogenated alkanes) is 6. The smallest absolute Gasteiger partial charge is 0.346 e. The molecule has 0 unspecified atom stereocenters. The average Bonchev–Trinajstić information content (AvgIpc) is 3.07. The summed E-state index contributed by atoms with van der Waals surface area (Å²) in [4.78, 5) is 31.8. The van der Waals surface area contributed by atoms with Crippen LogP contribution in [0.2, 0.25) is 0 Å². The number of cyclic esters (lactones) is 2. The highest BCUT2D eigenvalue weighted by molar-refractivity contribution is 6.14. The lowest BCUT2D eigenvalue weighted by Crippen LogP contribution is -2.29. The van der Waals surface area contributed by atoms with Gasteiger partial charge in [-0.25, -0.2) is 9.59 Å². The van der Waals surface area contributed by atoms with Crippen molar-refractivity contribution in [2.75, 3.05) is 19.8 Å². The molecular formula is C23H36O8. The van der Waals surface area contributed by atoms with Gasteiger partial charge in [-0.15, -0.1) is 0 Å². The van der Waals surface area contributed by atoms with E-state index in [-0.39, 0.29) is 19.8 Å². The van der Waals surface area contributed by atoms with E-state index in [1.54, 1.807) is 31.2 Å². The van der Waals surface area contributed by atoms with Crippen molar-refractivity contribution in [2.45, 2.75) is 65.2 Å². The van der Waals surface area contributed by atoms with Crippen molar-refractivity contribution in [3.63, 3.8) is 0 Å². The molecule has 31 heavy (non-hydrogen) atoms. The highest BCUT2D eigenvalue weighted by atomic mass is 16.6. The maximum atomic E-state index is 10.8. The molecule has 8 nitrogen and oxygen atoms in total. The third-order valence-electron chi connectivity index (χ3n) is 4.69. The maximum Gasteiger partial charge on any atom is 0.346 e. The summed E-state index contributed by atoms with van der Waals surface area (Å²) >= 11 is 0. The van der Waals surface area contributed by atoms with Crippen LogP contribution in [0.3, 0.4) is 0 Å². The van der Waals surface area contributed by atoms with E-state index in [0.29, 0.717) is 17.5 Å². The molecule has 0 saturated heterocycles. The highest BCUT2D eigenvalue weighted by Gasteiger charge is 2.28. The van der Waals surface area contributed by atoms with Crippen molar-refractivity contribution in [3.05, 3.63) is 35.4 Å². The van der Waals surface area contributed by atoms with Crippen LogP contribution in [-0.4, -0.2) is 58.2 Å². The van der Waals surface area contributed by atoms with Crippen LogP contribution in [0.4, 0.5) is 0 Å². The third kappa shape index (κ3) is 12.2. The Morgan fingerprint density at radius 2 is 1.26 bits per heavy atom. The van der Waals surface area contributed by atoms with Gasteiger partial charge in [-0.3, -0.25) is 4.79 Å². The zero-order valence-electron chi connectivity index (χ0n) is 18.5. The number of carboxylic acid groups (broad SMARTS) is 1. The second-order valence-corrected chi connectivity index (χ2v) is 7.77. The Labute approximate surface area is 183 Å². The first-order chi connectivity index (χ1) is 14.7. The minimum Gasteiger partial charge on any atom is -0.481 e. The Kier molecular flexibility index (Phi) is 15.2. The number of benzene rings is 1. The molecule has 0 aliphatic carbocycles. The Balaban J connectivity index is 0.000000445. The minimum atomic E-state index is -0.708. The van der Waals surface area contributed by atoms with Gasteiger partial charge >= 0.3 is 17.9 Å². The van der Waals surface area contributed by atoms with Gasteiger partial charge in [-0.1, -0.05) is 64.5 Å². The van der Waals surface area contributed by atoms with Gasteiger partial charge in [-0.2, -0.15) is 0 Å². The Bertz CT molecular complexity index is 626. The molecule has 0 aromatic heterocycles. The molecule has 0 amide bonds. The maximum absolute atomic E-state index is 10.8. The molecule has 0 atom stereocenters. The number of carboxylic acids is 1. The van der Waals surface area contributed by atoms with Gasteiger partial charge in [0.2, 0.25) is 0 Å². The van der Waals surface area contributed by atoms with Crippen LogP contribution in [0.5, 0.6) is 0 Å². The highest BCUT2D eigenvalue weighted by Crippen LogP contribution is 2.18. The second kappa shape index (κ2) is 16.4. The van der Waals surface area contributed by atoms with Crippen LogP contribution in [-0.2, 0) is 9.53 Å². The van der Waals surface area contributed by atoms with E-state index in [0.717, 1.165) is 12.8 Å². The average molecular weight is 441 g/mol. The summed E-state index contributed by atoms with van der Waals surface area (Å²) in [6, 6.07) is 6.53. The fourth-order valence-corrected chi connectivity index (χ4v) is 2.42. The predicted octanol–water partition coefficient (Wildman–Crippen LogP) is 3.18. The van der Waals surface area contributed by atoms with Crippen molar-refractivity contribution in [1.29, 1.82) is 0 Å². The largest absolute Gasteiger partial charge is 0.481 e. The zero-order chi connectivity index (χ0) is 23.7. The normalized spacial score (nSPS) is 12.2. The van der Waals surface area contributed by atoms with Crippen molar-refractivity contribution in [3.8, 4) is 0 Å². The van der Waals surface area contributed by atoms with Crippen LogP contribution in [0.25, 0.3) is 0 Å². The first-order valence-electron chi connectivity index (χ1n) is 10.6. The van der Waals surface area contributed by atoms with Crippen LogP contribution in [0, 0.1) is 5.41 Å². The molecule has 1 aromatic rings. The van der Waals surface area contributed by atoms with Gasteiger partial charge in [0.15, 0.2) is 0 Å². The van der Waals surface area contributed by atoms with Gasteiger partial charge < -0.3 is 25.2 Å². The number of fused-ring (bicyclic) bond motifs is 1. The van der Waals surface area contributed by atoms with Crippen LogP contribution in [0.15, 0.2) is 24.3 Å². The molecule has 176 valence electrons. The molecule has 1 aliphatic rings. The van der Waals surface area contributed by atoms with Gasteiger partial charge in [0, 0.05) is 11.8 Å². The lowest BCUT2D eigenvalue weighted by molar-refractivity contribution is -0.137. The second-order valence-electron chi connectivity index (χ2n) is 7.77. The molecule has 0 fully saturated rings. The molecule has 1 aromatic carbocycles. The van der Waals surface area contributed by atoms with Gasteiger partial charge in [-0.05, 0) is 18.6 Å². The molecule has 0 radical (unpaired) electrons. The summed E-state index contributed by atoms with van der Waals surface area (Å²) in [5.74, 6) is -1.76. The summed E-state index contributed by atoms with van der Waals surface area (Å²) < 4.78 is 4.35. The molecule has 1 heterocycles. The van der Waals surface area contributed by atoms with Crippen molar-refractivity contribution >= 4 is 17.9 Å². The third-order valence-corrected chi connectivity index (χ3v) is 4.69. The molecule has 0 saturated carbocycles. The first kappa shape index (κ1) is 28.7. The van der Waals surface area contributed by atoms with E-state index in [1.165, 1.54) is 32.1 Å². The topological polar surface area (TPSA) is 141 Å². The lowest BCUT2D eigenvalue weighted by atomic mass is 9.95. The quantitative estimate of drug-likeness (QED) is 0.233. The van der Waals surface area contributed by atoms with Crippen LogP contribution in [0.1, 0.15) is 85.9 Å². The Hall–Kier alpha value is -2.29. The number of carbonyl (C=O) groups is 3. The zero-order valence-corrected chi connectivity index (χ0v) is 18.5. The van der Waals surface area contributed by atoms with Gasteiger partial charge in [0.05, 0.1) is 30.9 Å². The summed E-state index contributed by atoms with van der Waals surface area (Å²) in [5.41, 5.74) is 0.00926. The van der Waals surface area contributed by atoms with E-state index < -0.39 is 23.3 Å². The summed E-state index contributed by atoms with van der Waals surface area (Å²) in [6.07, 6.45) is 8.64. The molecular weight excluding hydrogens is 404 g/mol. The van der Waals surface area contributed by atoms with Crippen LogP contribution >= 0.6 is 0 Å². The fourth-order valence-electron chi connectivity index (χ4n) is 2.42. The molecule has 0 bridgehead atoms. The van der Waals surface area contributed by atoms with E-state index >= 15 is 0 Å². The number of aliphatic hydroxyl groups is 3. The predicted molar refractivity (Wildman–Crippen MR) is 116 cm³/mol. The Morgan fingerprint density at radius 3 is 1.61 bits per heavy atom.